The number of anilines is 1. The lowest BCUT2D eigenvalue weighted by Gasteiger charge is -2.11. The maximum atomic E-state index is 13.1. The number of hydrogen-bond donors (Lipinski definition) is 1. The first kappa shape index (κ1) is 20.5. The van der Waals surface area contributed by atoms with Crippen molar-refractivity contribution in [3.63, 3.8) is 0 Å². The van der Waals surface area contributed by atoms with Gasteiger partial charge in [0, 0.05) is 17.5 Å². The molecule has 0 radical (unpaired) electrons. The molecule has 3 aromatic heterocycles. The van der Waals surface area contributed by atoms with E-state index < -0.39 is 0 Å². The van der Waals surface area contributed by atoms with Crippen LogP contribution in [0.4, 0.5) is 5.82 Å². The maximum Gasteiger partial charge on any atom is 0.275 e. The summed E-state index contributed by atoms with van der Waals surface area (Å²) in [4.78, 5) is 22.2. The molecular formula is C25H25N5O. The van der Waals surface area contributed by atoms with E-state index in [1.807, 2.05) is 64.2 Å². The van der Waals surface area contributed by atoms with Gasteiger partial charge in [-0.1, -0.05) is 30.3 Å². The fourth-order valence-electron chi connectivity index (χ4n) is 3.54. The third-order valence-electron chi connectivity index (χ3n) is 5.37. The van der Waals surface area contributed by atoms with E-state index in [0.29, 0.717) is 17.3 Å². The zero-order valence-corrected chi connectivity index (χ0v) is 18.4. The van der Waals surface area contributed by atoms with E-state index in [9.17, 15) is 4.79 Å². The Hall–Kier alpha value is -3.80. The summed E-state index contributed by atoms with van der Waals surface area (Å²) < 4.78 is 1.57. The van der Waals surface area contributed by atoms with E-state index in [-0.39, 0.29) is 5.91 Å². The minimum atomic E-state index is -0.274. The van der Waals surface area contributed by atoms with Gasteiger partial charge in [0.15, 0.2) is 5.82 Å². The minimum absolute atomic E-state index is 0.274. The number of amides is 1. The summed E-state index contributed by atoms with van der Waals surface area (Å²) in [7, 11) is 0. The number of rotatable bonds is 4. The van der Waals surface area contributed by atoms with Crippen LogP contribution in [0.1, 0.15) is 38.6 Å². The number of aryl methyl sites for hydroxylation is 5. The van der Waals surface area contributed by atoms with Crippen molar-refractivity contribution in [1.82, 2.24) is 19.7 Å². The van der Waals surface area contributed by atoms with Crippen LogP contribution < -0.4 is 5.32 Å². The molecule has 0 unspecified atom stereocenters. The Labute approximate surface area is 182 Å². The number of pyridine rings is 2. The first-order chi connectivity index (χ1) is 14.8. The van der Waals surface area contributed by atoms with Crippen molar-refractivity contribution in [3.8, 4) is 16.9 Å². The molecule has 156 valence electrons. The fraction of sp³-hybridized carbons (Fsp3) is 0.200. The zero-order chi connectivity index (χ0) is 22.1. The Balaban J connectivity index is 1.65. The number of carbonyl (C=O) groups is 1. The minimum Gasteiger partial charge on any atom is -0.305 e. The molecule has 6 nitrogen and oxygen atoms in total. The second-order valence-corrected chi connectivity index (χ2v) is 7.81. The zero-order valence-electron chi connectivity index (χ0n) is 18.4. The van der Waals surface area contributed by atoms with Gasteiger partial charge < -0.3 is 5.32 Å². The van der Waals surface area contributed by atoms with Gasteiger partial charge in [0.25, 0.3) is 5.91 Å². The van der Waals surface area contributed by atoms with Gasteiger partial charge in [-0.05, 0) is 75.1 Å². The van der Waals surface area contributed by atoms with Gasteiger partial charge >= 0.3 is 0 Å². The Morgan fingerprint density at radius 3 is 2.39 bits per heavy atom. The van der Waals surface area contributed by atoms with Gasteiger partial charge in [-0.25, -0.2) is 14.6 Å². The van der Waals surface area contributed by atoms with Gasteiger partial charge in [0.1, 0.15) is 11.5 Å². The van der Waals surface area contributed by atoms with Crippen LogP contribution in [0.3, 0.4) is 0 Å². The highest BCUT2D eigenvalue weighted by atomic mass is 16.2. The highest BCUT2D eigenvalue weighted by Gasteiger charge is 2.18. The molecule has 0 aliphatic rings. The third kappa shape index (κ3) is 4.10. The van der Waals surface area contributed by atoms with Gasteiger partial charge in [0.2, 0.25) is 0 Å². The van der Waals surface area contributed by atoms with E-state index >= 15 is 0 Å². The second-order valence-electron chi connectivity index (χ2n) is 7.81. The number of nitrogens with one attached hydrogen (secondary N) is 1. The molecule has 1 amide bonds. The van der Waals surface area contributed by atoms with E-state index in [1.54, 1.807) is 10.7 Å². The number of aromatic nitrogens is 4. The molecule has 0 bridgehead atoms. The highest BCUT2D eigenvalue weighted by Crippen LogP contribution is 2.24. The van der Waals surface area contributed by atoms with Crippen molar-refractivity contribution in [2.45, 2.75) is 34.6 Å². The third-order valence-corrected chi connectivity index (χ3v) is 5.37. The lowest BCUT2D eigenvalue weighted by Crippen LogP contribution is -2.19. The van der Waals surface area contributed by atoms with Crippen molar-refractivity contribution in [1.29, 1.82) is 0 Å². The van der Waals surface area contributed by atoms with Crippen LogP contribution in [-0.2, 0) is 0 Å². The average Bonchev–Trinajstić information content (AvgIpc) is 3.14. The molecule has 3 heterocycles. The molecule has 0 aliphatic carbocycles. The summed E-state index contributed by atoms with van der Waals surface area (Å²) in [6.45, 7) is 9.80. The molecule has 6 heteroatoms. The molecule has 0 atom stereocenters. The quantitative estimate of drug-likeness (QED) is 0.506. The first-order valence-electron chi connectivity index (χ1n) is 10.2. The molecule has 4 rings (SSSR count). The van der Waals surface area contributed by atoms with Crippen LogP contribution in [0, 0.1) is 34.6 Å². The predicted octanol–water partition coefficient (Wildman–Crippen LogP) is 5.12. The molecule has 0 fully saturated rings. The van der Waals surface area contributed by atoms with Crippen LogP contribution in [-0.4, -0.2) is 25.7 Å². The monoisotopic (exact) mass is 411 g/mol. The molecule has 0 spiro atoms. The molecule has 0 aliphatic heterocycles. The van der Waals surface area contributed by atoms with Gasteiger partial charge in [-0.15, -0.1) is 0 Å². The lowest BCUT2D eigenvalue weighted by molar-refractivity contribution is 0.101. The summed E-state index contributed by atoms with van der Waals surface area (Å²) in [5.41, 5.74) is 7.38. The Kier molecular flexibility index (Phi) is 5.38. The van der Waals surface area contributed by atoms with Crippen molar-refractivity contribution in [2.24, 2.45) is 0 Å². The van der Waals surface area contributed by atoms with Gasteiger partial charge in [-0.3, -0.25) is 4.79 Å². The Morgan fingerprint density at radius 1 is 0.903 bits per heavy atom. The molecule has 0 saturated heterocycles. The van der Waals surface area contributed by atoms with Crippen molar-refractivity contribution >= 4 is 11.7 Å². The Morgan fingerprint density at radius 2 is 1.68 bits per heavy atom. The molecule has 1 N–H and O–H groups in total. The molecular weight excluding hydrogens is 386 g/mol. The highest BCUT2D eigenvalue weighted by molar-refractivity contribution is 6.03. The van der Waals surface area contributed by atoms with Crippen LogP contribution in [0.15, 0.2) is 54.7 Å². The first-order valence-corrected chi connectivity index (χ1v) is 10.2. The van der Waals surface area contributed by atoms with E-state index in [4.69, 9.17) is 0 Å². The van der Waals surface area contributed by atoms with Crippen LogP contribution in [0.2, 0.25) is 0 Å². The standard InChI is InChI=1S/C25H25N5O/c1-15-8-6-7-9-21(15)20-10-11-23(26-14-20)30-22(13-18(4)29-30)25(31)28-24-17(3)12-16(2)19(5)27-24/h6-14H,1-5H3,(H,27,28,31). The summed E-state index contributed by atoms with van der Waals surface area (Å²) in [6.07, 6.45) is 1.81. The molecule has 4 aromatic rings. The van der Waals surface area contributed by atoms with Gasteiger partial charge in [-0.2, -0.15) is 5.10 Å². The summed E-state index contributed by atoms with van der Waals surface area (Å²) in [5, 5.41) is 7.41. The largest absolute Gasteiger partial charge is 0.305 e. The van der Waals surface area contributed by atoms with Crippen molar-refractivity contribution < 1.29 is 4.79 Å². The smallest absolute Gasteiger partial charge is 0.275 e. The number of carbonyl (C=O) groups excluding carboxylic acids is 1. The maximum absolute atomic E-state index is 13.1. The average molecular weight is 412 g/mol. The summed E-state index contributed by atoms with van der Waals surface area (Å²) in [6, 6.07) is 15.8. The van der Waals surface area contributed by atoms with Crippen molar-refractivity contribution in [3.05, 3.63) is 88.5 Å². The van der Waals surface area contributed by atoms with Gasteiger partial charge in [0.05, 0.1) is 5.69 Å². The summed E-state index contributed by atoms with van der Waals surface area (Å²) in [5.74, 6) is 0.867. The summed E-state index contributed by atoms with van der Waals surface area (Å²) >= 11 is 0. The molecule has 31 heavy (non-hydrogen) atoms. The topological polar surface area (TPSA) is 72.7 Å². The number of hydrogen-bond acceptors (Lipinski definition) is 4. The Bertz CT molecular complexity index is 1270. The number of benzene rings is 1. The predicted molar refractivity (Wildman–Crippen MR) is 123 cm³/mol. The van der Waals surface area contributed by atoms with Crippen LogP contribution >= 0.6 is 0 Å². The van der Waals surface area contributed by atoms with E-state index in [1.165, 1.54) is 5.56 Å². The van der Waals surface area contributed by atoms with Crippen LogP contribution in [0.25, 0.3) is 16.9 Å². The van der Waals surface area contributed by atoms with Crippen molar-refractivity contribution in [2.75, 3.05) is 5.32 Å². The van der Waals surface area contributed by atoms with Crippen LogP contribution in [0.5, 0.6) is 0 Å². The van der Waals surface area contributed by atoms with E-state index in [2.05, 4.69) is 39.4 Å². The normalized spacial score (nSPS) is 10.9. The second kappa shape index (κ2) is 8.14. The molecule has 1 aromatic carbocycles. The SMILES string of the molecule is Cc1cc(C(=O)Nc2nc(C)c(C)cc2C)n(-c2ccc(-c3ccccc3C)cn2)n1. The van der Waals surface area contributed by atoms with E-state index in [0.717, 1.165) is 33.6 Å². The number of nitrogens with zero attached hydrogens (tertiary/aromatic N) is 4. The fourth-order valence-corrected chi connectivity index (χ4v) is 3.54. The molecule has 0 saturated carbocycles. The lowest BCUT2D eigenvalue weighted by atomic mass is 10.0.